The lowest BCUT2D eigenvalue weighted by Gasteiger charge is -2.17. The monoisotopic (exact) mass is 344 g/mol. The van der Waals surface area contributed by atoms with E-state index in [1.54, 1.807) is 11.3 Å². The van der Waals surface area contributed by atoms with Crippen molar-refractivity contribution < 1.29 is 14.3 Å². The molecule has 6 heteroatoms. The van der Waals surface area contributed by atoms with Gasteiger partial charge in [-0.05, 0) is 48.1 Å². The van der Waals surface area contributed by atoms with Gasteiger partial charge in [-0.2, -0.15) is 0 Å². The number of fused-ring (bicyclic) bond motifs is 1. The standard InChI is InChI=1S/C18H20N2O3S/c21-17(19-12-15-3-2-10-24-15)4-1-9-23-14-6-7-16-13(11-14)5-8-18(22)20-16/h2-3,6-7,10-11H,1,4-5,8-9,12H2,(H,19,21)(H,20,22). The molecule has 1 aliphatic heterocycles. The SMILES string of the molecule is O=C(CCCOc1ccc2c(c1)CCC(=O)N2)NCc1cccs1. The predicted octanol–water partition coefficient (Wildman–Crippen LogP) is 3.11. The van der Waals surface area contributed by atoms with Crippen molar-refractivity contribution >= 4 is 28.8 Å². The number of amides is 2. The molecular weight excluding hydrogens is 324 g/mol. The minimum atomic E-state index is 0.0418. The summed E-state index contributed by atoms with van der Waals surface area (Å²) in [4.78, 5) is 24.3. The van der Waals surface area contributed by atoms with Gasteiger partial charge in [0.1, 0.15) is 5.75 Å². The number of carbonyl (C=O) groups excluding carboxylic acids is 2. The van der Waals surface area contributed by atoms with E-state index in [4.69, 9.17) is 4.74 Å². The number of nitrogens with one attached hydrogen (secondary N) is 2. The van der Waals surface area contributed by atoms with E-state index in [1.807, 2.05) is 35.7 Å². The Morgan fingerprint density at radius 2 is 2.21 bits per heavy atom. The van der Waals surface area contributed by atoms with Crippen LogP contribution in [0.15, 0.2) is 35.7 Å². The first-order valence-electron chi connectivity index (χ1n) is 8.05. The first-order valence-corrected chi connectivity index (χ1v) is 8.93. The number of hydrogen-bond donors (Lipinski definition) is 2. The zero-order valence-corrected chi connectivity index (χ0v) is 14.2. The third kappa shape index (κ3) is 4.58. The molecule has 126 valence electrons. The molecule has 2 aromatic rings. The van der Waals surface area contributed by atoms with Crippen molar-refractivity contribution in [2.75, 3.05) is 11.9 Å². The predicted molar refractivity (Wildman–Crippen MR) is 94.3 cm³/mol. The summed E-state index contributed by atoms with van der Waals surface area (Å²) in [5.41, 5.74) is 1.97. The van der Waals surface area contributed by atoms with Crippen LogP contribution in [0.3, 0.4) is 0 Å². The second kappa shape index (κ2) is 7.97. The van der Waals surface area contributed by atoms with Crippen LogP contribution in [-0.2, 0) is 22.6 Å². The Bertz CT molecular complexity index is 713. The lowest BCUT2D eigenvalue weighted by Crippen LogP contribution is -2.22. The molecule has 1 aliphatic rings. The number of rotatable bonds is 7. The van der Waals surface area contributed by atoms with Crippen LogP contribution in [0, 0.1) is 0 Å². The average molecular weight is 344 g/mol. The lowest BCUT2D eigenvalue weighted by molar-refractivity contribution is -0.121. The molecule has 5 nitrogen and oxygen atoms in total. The number of hydrogen-bond acceptors (Lipinski definition) is 4. The van der Waals surface area contributed by atoms with E-state index >= 15 is 0 Å². The van der Waals surface area contributed by atoms with Crippen LogP contribution in [-0.4, -0.2) is 18.4 Å². The Hall–Kier alpha value is -2.34. The maximum atomic E-state index is 11.8. The van der Waals surface area contributed by atoms with Gasteiger partial charge in [-0.15, -0.1) is 11.3 Å². The second-order valence-corrected chi connectivity index (χ2v) is 6.71. The fourth-order valence-corrected chi connectivity index (χ4v) is 3.20. The van der Waals surface area contributed by atoms with Crippen LogP contribution >= 0.6 is 11.3 Å². The lowest BCUT2D eigenvalue weighted by atomic mass is 10.0. The molecule has 0 unspecified atom stereocenters. The molecule has 0 spiro atoms. The summed E-state index contributed by atoms with van der Waals surface area (Å²) >= 11 is 1.64. The molecular formula is C18H20N2O3S. The maximum Gasteiger partial charge on any atom is 0.224 e. The van der Waals surface area contributed by atoms with Gasteiger partial charge in [-0.1, -0.05) is 6.07 Å². The van der Waals surface area contributed by atoms with Gasteiger partial charge < -0.3 is 15.4 Å². The van der Waals surface area contributed by atoms with Crippen LogP contribution < -0.4 is 15.4 Å². The van der Waals surface area contributed by atoms with Gasteiger partial charge in [0, 0.05) is 23.4 Å². The Kier molecular flexibility index (Phi) is 5.48. The van der Waals surface area contributed by atoms with Gasteiger partial charge in [0.2, 0.25) is 11.8 Å². The van der Waals surface area contributed by atoms with Crippen molar-refractivity contribution in [2.24, 2.45) is 0 Å². The summed E-state index contributed by atoms with van der Waals surface area (Å²) < 4.78 is 5.71. The van der Waals surface area contributed by atoms with E-state index in [9.17, 15) is 9.59 Å². The van der Waals surface area contributed by atoms with E-state index < -0.39 is 0 Å². The van der Waals surface area contributed by atoms with Crippen LogP contribution in [0.2, 0.25) is 0 Å². The van der Waals surface area contributed by atoms with Crippen LogP contribution in [0.25, 0.3) is 0 Å². The largest absolute Gasteiger partial charge is 0.494 e. The molecule has 24 heavy (non-hydrogen) atoms. The normalized spacial score (nSPS) is 13.1. The second-order valence-electron chi connectivity index (χ2n) is 5.68. The minimum Gasteiger partial charge on any atom is -0.494 e. The maximum absolute atomic E-state index is 11.8. The fraction of sp³-hybridized carbons (Fsp3) is 0.333. The van der Waals surface area contributed by atoms with E-state index in [2.05, 4.69) is 10.6 Å². The number of benzene rings is 1. The van der Waals surface area contributed by atoms with Crippen LogP contribution in [0.1, 0.15) is 29.7 Å². The molecule has 1 aromatic carbocycles. The molecule has 0 saturated carbocycles. The number of carbonyl (C=O) groups is 2. The van der Waals surface area contributed by atoms with E-state index in [0.29, 0.717) is 32.4 Å². The Morgan fingerprint density at radius 3 is 3.04 bits per heavy atom. The van der Waals surface area contributed by atoms with Gasteiger partial charge in [0.25, 0.3) is 0 Å². The van der Waals surface area contributed by atoms with E-state index in [-0.39, 0.29) is 11.8 Å². The van der Waals surface area contributed by atoms with Gasteiger partial charge in [0.05, 0.1) is 13.2 Å². The highest BCUT2D eigenvalue weighted by Gasteiger charge is 2.15. The summed E-state index contributed by atoms with van der Waals surface area (Å²) in [6.45, 7) is 1.09. The first kappa shape index (κ1) is 16.5. The zero-order valence-electron chi connectivity index (χ0n) is 13.3. The Labute approximate surface area is 145 Å². The number of anilines is 1. The molecule has 0 fully saturated rings. The number of ether oxygens (including phenoxy) is 1. The topological polar surface area (TPSA) is 67.4 Å². The van der Waals surface area contributed by atoms with Gasteiger partial charge >= 0.3 is 0 Å². The smallest absolute Gasteiger partial charge is 0.224 e. The number of aryl methyl sites for hydroxylation is 1. The summed E-state index contributed by atoms with van der Waals surface area (Å²) in [7, 11) is 0. The Balaban J connectivity index is 1.37. The summed E-state index contributed by atoms with van der Waals surface area (Å²) in [5.74, 6) is 0.883. The van der Waals surface area contributed by atoms with Gasteiger partial charge in [-0.3, -0.25) is 9.59 Å². The van der Waals surface area contributed by atoms with Crippen molar-refractivity contribution in [2.45, 2.75) is 32.2 Å². The highest BCUT2D eigenvalue weighted by molar-refractivity contribution is 7.09. The molecule has 3 rings (SSSR count). The molecule has 0 atom stereocenters. The average Bonchev–Trinajstić information content (AvgIpc) is 3.10. The molecule has 0 aliphatic carbocycles. The summed E-state index contributed by atoms with van der Waals surface area (Å²) in [5, 5.41) is 7.75. The van der Waals surface area contributed by atoms with Crippen LogP contribution in [0.5, 0.6) is 5.75 Å². The highest BCUT2D eigenvalue weighted by Crippen LogP contribution is 2.26. The van der Waals surface area contributed by atoms with Gasteiger partial charge in [-0.25, -0.2) is 0 Å². The third-order valence-corrected chi connectivity index (χ3v) is 4.71. The molecule has 0 saturated heterocycles. The van der Waals surface area contributed by atoms with Crippen molar-refractivity contribution in [1.29, 1.82) is 0 Å². The molecule has 2 amide bonds. The van der Waals surface area contributed by atoms with Crippen molar-refractivity contribution in [1.82, 2.24) is 5.32 Å². The molecule has 0 bridgehead atoms. The Morgan fingerprint density at radius 1 is 1.29 bits per heavy atom. The van der Waals surface area contributed by atoms with Crippen LogP contribution in [0.4, 0.5) is 5.69 Å². The van der Waals surface area contributed by atoms with E-state index in [1.165, 1.54) is 0 Å². The minimum absolute atomic E-state index is 0.0418. The fourth-order valence-electron chi connectivity index (χ4n) is 2.56. The van der Waals surface area contributed by atoms with E-state index in [0.717, 1.165) is 28.3 Å². The quantitative estimate of drug-likeness (QED) is 0.759. The van der Waals surface area contributed by atoms with Crippen molar-refractivity contribution in [3.63, 3.8) is 0 Å². The number of thiophene rings is 1. The van der Waals surface area contributed by atoms with Gasteiger partial charge in [0.15, 0.2) is 0 Å². The van der Waals surface area contributed by atoms with Crippen molar-refractivity contribution in [3.05, 3.63) is 46.2 Å². The molecule has 2 heterocycles. The highest BCUT2D eigenvalue weighted by atomic mass is 32.1. The summed E-state index contributed by atoms with van der Waals surface area (Å²) in [6, 6.07) is 9.67. The summed E-state index contributed by atoms with van der Waals surface area (Å²) in [6.07, 6.45) is 2.38. The molecule has 1 aromatic heterocycles. The molecule has 2 N–H and O–H groups in total. The molecule has 0 radical (unpaired) electrons. The first-order chi connectivity index (χ1) is 11.7. The van der Waals surface area contributed by atoms with Crippen molar-refractivity contribution in [3.8, 4) is 5.75 Å². The zero-order chi connectivity index (χ0) is 16.8. The third-order valence-electron chi connectivity index (χ3n) is 3.83.